The molecule has 4 heterocycles. The van der Waals surface area contributed by atoms with Gasteiger partial charge in [0.05, 0.1) is 12.3 Å². The number of fused-ring (bicyclic) bond motifs is 1. The first kappa shape index (κ1) is 20.0. The van der Waals surface area contributed by atoms with E-state index in [-0.39, 0.29) is 17.6 Å². The highest BCUT2D eigenvalue weighted by atomic mass is 16.5. The topological polar surface area (TPSA) is 118 Å². The van der Waals surface area contributed by atoms with Gasteiger partial charge in [0.2, 0.25) is 0 Å². The van der Waals surface area contributed by atoms with Crippen LogP contribution in [0.4, 0.5) is 5.82 Å². The Bertz CT molecular complexity index is 1010. The summed E-state index contributed by atoms with van der Waals surface area (Å²) in [6.45, 7) is 2.32. The van der Waals surface area contributed by atoms with Gasteiger partial charge >= 0.3 is 6.01 Å². The van der Waals surface area contributed by atoms with Crippen molar-refractivity contribution < 1.29 is 14.3 Å². The molecule has 1 saturated heterocycles. The number of pyridine rings is 1. The number of amides is 1. The monoisotopic (exact) mass is 411 g/mol. The van der Waals surface area contributed by atoms with Crippen LogP contribution in [0.2, 0.25) is 0 Å². The number of aromatic nitrogens is 5. The quantitative estimate of drug-likeness (QED) is 0.562. The molecular weight excluding hydrogens is 386 g/mol. The SMILES string of the molecule is CNC(=O)c1cc(N2CCC(c3n[nH]c4ncccc34)CC2)nc(OCCOC)n1. The number of carbonyl (C=O) groups excluding carboxylic acids is 1. The van der Waals surface area contributed by atoms with Gasteiger partial charge in [-0.3, -0.25) is 9.89 Å². The van der Waals surface area contributed by atoms with Gasteiger partial charge in [0, 0.05) is 50.8 Å². The molecule has 0 spiro atoms. The van der Waals surface area contributed by atoms with Crippen molar-refractivity contribution in [2.75, 3.05) is 45.4 Å². The Kier molecular flexibility index (Phi) is 6.03. The van der Waals surface area contributed by atoms with E-state index in [1.807, 2.05) is 6.07 Å². The highest BCUT2D eigenvalue weighted by molar-refractivity contribution is 5.92. The molecule has 2 N–H and O–H groups in total. The van der Waals surface area contributed by atoms with Crippen molar-refractivity contribution in [1.29, 1.82) is 0 Å². The third-order valence-electron chi connectivity index (χ3n) is 5.24. The second-order valence-corrected chi connectivity index (χ2v) is 7.08. The lowest BCUT2D eigenvalue weighted by molar-refractivity contribution is 0.0955. The lowest BCUT2D eigenvalue weighted by Crippen LogP contribution is -2.34. The number of aromatic amines is 1. The zero-order valence-corrected chi connectivity index (χ0v) is 17.1. The van der Waals surface area contributed by atoms with E-state index in [1.165, 1.54) is 0 Å². The van der Waals surface area contributed by atoms with E-state index < -0.39 is 0 Å². The number of methoxy groups -OCH3 is 1. The summed E-state index contributed by atoms with van der Waals surface area (Å²) in [4.78, 5) is 27.3. The van der Waals surface area contributed by atoms with E-state index in [9.17, 15) is 4.79 Å². The van der Waals surface area contributed by atoms with E-state index in [0.717, 1.165) is 42.7 Å². The molecule has 0 atom stereocenters. The summed E-state index contributed by atoms with van der Waals surface area (Å²) in [5.74, 6) is 0.750. The van der Waals surface area contributed by atoms with Crippen LogP contribution in [0.15, 0.2) is 24.4 Å². The van der Waals surface area contributed by atoms with E-state index in [4.69, 9.17) is 9.47 Å². The molecule has 30 heavy (non-hydrogen) atoms. The van der Waals surface area contributed by atoms with Gasteiger partial charge in [0.15, 0.2) is 5.65 Å². The molecule has 0 radical (unpaired) electrons. The molecule has 10 heteroatoms. The van der Waals surface area contributed by atoms with E-state index in [1.54, 1.807) is 26.4 Å². The molecular formula is C20H25N7O3. The number of nitrogens with zero attached hydrogens (tertiary/aromatic N) is 5. The van der Waals surface area contributed by atoms with Crippen molar-refractivity contribution in [2.24, 2.45) is 0 Å². The average Bonchev–Trinajstić information content (AvgIpc) is 3.23. The number of piperidine rings is 1. The highest BCUT2D eigenvalue weighted by Crippen LogP contribution is 2.32. The van der Waals surface area contributed by atoms with Crippen molar-refractivity contribution in [2.45, 2.75) is 18.8 Å². The van der Waals surface area contributed by atoms with Gasteiger partial charge in [-0.25, -0.2) is 4.98 Å². The van der Waals surface area contributed by atoms with Crippen LogP contribution in [0.25, 0.3) is 11.0 Å². The number of ether oxygens (including phenoxy) is 2. The van der Waals surface area contributed by atoms with E-state index >= 15 is 0 Å². The Labute approximate surface area is 174 Å². The normalized spacial score (nSPS) is 14.8. The van der Waals surface area contributed by atoms with Crippen LogP contribution in [0.1, 0.15) is 34.9 Å². The molecule has 0 aliphatic carbocycles. The number of anilines is 1. The second kappa shape index (κ2) is 9.04. The maximum atomic E-state index is 12.1. The lowest BCUT2D eigenvalue weighted by atomic mass is 9.92. The van der Waals surface area contributed by atoms with Crippen LogP contribution in [-0.2, 0) is 4.74 Å². The van der Waals surface area contributed by atoms with Crippen LogP contribution in [-0.4, -0.2) is 71.5 Å². The molecule has 1 aliphatic rings. The summed E-state index contributed by atoms with van der Waals surface area (Å²) in [5.41, 5.74) is 2.16. The van der Waals surface area contributed by atoms with Crippen molar-refractivity contribution in [3.8, 4) is 6.01 Å². The minimum absolute atomic E-state index is 0.176. The molecule has 158 valence electrons. The standard InChI is InChI=1S/C20H25N7O3/c1-21-19(28)15-12-16(24-20(23-15)30-11-10-29-2)27-8-5-13(6-9-27)17-14-4-3-7-22-18(14)26-25-17/h3-4,7,12-13H,5-6,8-11H2,1-2H3,(H,21,28)(H,22,25,26). The summed E-state index contributed by atoms with van der Waals surface area (Å²) in [6.07, 6.45) is 3.61. The maximum Gasteiger partial charge on any atom is 0.319 e. The van der Waals surface area contributed by atoms with Gasteiger partial charge < -0.3 is 19.7 Å². The molecule has 0 bridgehead atoms. The highest BCUT2D eigenvalue weighted by Gasteiger charge is 2.26. The Morgan fingerprint density at radius 2 is 2.13 bits per heavy atom. The van der Waals surface area contributed by atoms with Crippen LogP contribution >= 0.6 is 0 Å². The second-order valence-electron chi connectivity index (χ2n) is 7.08. The smallest absolute Gasteiger partial charge is 0.319 e. The van der Waals surface area contributed by atoms with E-state index in [0.29, 0.717) is 24.9 Å². The summed E-state index contributed by atoms with van der Waals surface area (Å²) in [7, 11) is 3.17. The molecule has 3 aromatic heterocycles. The molecule has 0 unspecified atom stereocenters. The van der Waals surface area contributed by atoms with Crippen molar-refractivity contribution in [3.63, 3.8) is 0 Å². The maximum absolute atomic E-state index is 12.1. The molecule has 3 aromatic rings. The fourth-order valence-electron chi connectivity index (χ4n) is 3.67. The summed E-state index contributed by atoms with van der Waals surface area (Å²) < 4.78 is 10.6. The zero-order chi connectivity index (χ0) is 20.9. The van der Waals surface area contributed by atoms with Gasteiger partial charge in [-0.05, 0) is 25.0 Å². The first-order valence-electron chi connectivity index (χ1n) is 9.96. The lowest BCUT2D eigenvalue weighted by Gasteiger charge is -2.32. The van der Waals surface area contributed by atoms with Crippen LogP contribution in [0.5, 0.6) is 6.01 Å². The third kappa shape index (κ3) is 4.18. The summed E-state index contributed by atoms with van der Waals surface area (Å²) in [6, 6.07) is 5.87. The van der Waals surface area contributed by atoms with Crippen molar-refractivity contribution in [3.05, 3.63) is 35.8 Å². The van der Waals surface area contributed by atoms with Crippen LogP contribution in [0, 0.1) is 0 Å². The minimum Gasteiger partial charge on any atom is -0.461 e. The summed E-state index contributed by atoms with van der Waals surface area (Å²) in [5, 5.41) is 11.2. The van der Waals surface area contributed by atoms with Crippen LogP contribution in [0.3, 0.4) is 0 Å². The van der Waals surface area contributed by atoms with Crippen molar-refractivity contribution >= 4 is 22.8 Å². The number of rotatable bonds is 7. The first-order valence-corrected chi connectivity index (χ1v) is 9.96. The van der Waals surface area contributed by atoms with Crippen molar-refractivity contribution in [1.82, 2.24) is 30.5 Å². The molecule has 10 nitrogen and oxygen atoms in total. The third-order valence-corrected chi connectivity index (χ3v) is 5.24. The zero-order valence-electron chi connectivity index (χ0n) is 17.1. The minimum atomic E-state index is -0.277. The Morgan fingerprint density at radius 1 is 1.30 bits per heavy atom. The average molecular weight is 411 g/mol. The van der Waals surface area contributed by atoms with Gasteiger partial charge in [0.25, 0.3) is 5.91 Å². The van der Waals surface area contributed by atoms with Crippen LogP contribution < -0.4 is 15.0 Å². The number of carbonyl (C=O) groups is 1. The first-order chi connectivity index (χ1) is 14.7. The summed E-state index contributed by atoms with van der Waals surface area (Å²) >= 11 is 0. The van der Waals surface area contributed by atoms with Gasteiger partial charge in [-0.15, -0.1) is 0 Å². The predicted molar refractivity (Wildman–Crippen MR) is 111 cm³/mol. The van der Waals surface area contributed by atoms with Gasteiger partial charge in [0.1, 0.15) is 18.1 Å². The molecule has 0 aromatic carbocycles. The molecule has 0 saturated carbocycles. The fourth-order valence-corrected chi connectivity index (χ4v) is 3.67. The van der Waals surface area contributed by atoms with Gasteiger partial charge in [-0.2, -0.15) is 15.1 Å². The number of hydrogen-bond acceptors (Lipinski definition) is 8. The molecule has 1 aliphatic heterocycles. The number of hydrogen-bond donors (Lipinski definition) is 2. The van der Waals surface area contributed by atoms with E-state index in [2.05, 4.69) is 41.4 Å². The molecule has 4 rings (SSSR count). The Hall–Kier alpha value is -3.27. The molecule has 1 fully saturated rings. The Morgan fingerprint density at radius 3 is 2.90 bits per heavy atom. The largest absolute Gasteiger partial charge is 0.461 e. The van der Waals surface area contributed by atoms with Gasteiger partial charge in [-0.1, -0.05) is 0 Å². The fraction of sp³-hybridized carbons (Fsp3) is 0.450. The number of nitrogens with one attached hydrogen (secondary N) is 2. The predicted octanol–water partition coefficient (Wildman–Crippen LogP) is 1.52. The molecule has 1 amide bonds. The Balaban J connectivity index is 1.50. The number of H-pyrrole nitrogens is 1.